The lowest BCUT2D eigenvalue weighted by Crippen LogP contribution is -2.21. The number of amides is 1. The summed E-state index contributed by atoms with van der Waals surface area (Å²) < 4.78 is 5.57. The van der Waals surface area contributed by atoms with Gasteiger partial charge in [0.05, 0.1) is 16.6 Å². The number of carbonyl (C=O) groups excluding carboxylic acids is 1. The molecular weight excluding hydrogens is 334 g/mol. The van der Waals surface area contributed by atoms with Crippen molar-refractivity contribution in [3.8, 4) is 0 Å². The molecule has 0 aromatic heterocycles. The first-order chi connectivity index (χ1) is 12.5. The summed E-state index contributed by atoms with van der Waals surface area (Å²) in [4.78, 5) is 23.3. The zero-order valence-electron chi connectivity index (χ0n) is 14.5. The highest BCUT2D eigenvalue weighted by molar-refractivity contribution is 6.08. The predicted molar refractivity (Wildman–Crippen MR) is 99.7 cm³/mol. The van der Waals surface area contributed by atoms with Gasteiger partial charge in [-0.25, -0.2) is 0 Å². The molecule has 7 nitrogen and oxygen atoms in total. The van der Waals surface area contributed by atoms with Crippen LogP contribution in [0.25, 0.3) is 0 Å². The minimum absolute atomic E-state index is 0.0956. The minimum Gasteiger partial charge on any atom is -0.382 e. The summed E-state index contributed by atoms with van der Waals surface area (Å²) in [5.74, 6) is -0.396. The van der Waals surface area contributed by atoms with Crippen LogP contribution in [-0.2, 0) is 4.74 Å². The van der Waals surface area contributed by atoms with E-state index in [0.717, 1.165) is 25.0 Å². The summed E-state index contributed by atoms with van der Waals surface area (Å²) in [6, 6.07) is 11.6. The number of nitro groups is 1. The molecule has 1 atom stereocenters. The van der Waals surface area contributed by atoms with E-state index in [0.29, 0.717) is 17.9 Å². The maximum Gasteiger partial charge on any atom is 0.270 e. The second-order valence-corrected chi connectivity index (χ2v) is 6.32. The van der Waals surface area contributed by atoms with Gasteiger partial charge in [-0.15, -0.1) is 0 Å². The monoisotopic (exact) mass is 355 g/mol. The molecule has 1 fully saturated rings. The van der Waals surface area contributed by atoms with Crippen molar-refractivity contribution in [1.29, 1.82) is 0 Å². The Labute approximate surface area is 151 Å². The number of hydrogen-bond donors (Lipinski definition) is 2. The van der Waals surface area contributed by atoms with Crippen molar-refractivity contribution < 1.29 is 14.5 Å². The molecule has 1 aliphatic rings. The van der Waals surface area contributed by atoms with Crippen LogP contribution >= 0.6 is 0 Å². The number of non-ortho nitro benzene ring substituents is 1. The van der Waals surface area contributed by atoms with Crippen molar-refractivity contribution in [3.05, 3.63) is 63.7 Å². The van der Waals surface area contributed by atoms with E-state index in [1.54, 1.807) is 18.2 Å². The maximum absolute atomic E-state index is 12.7. The van der Waals surface area contributed by atoms with Crippen LogP contribution in [0.15, 0.2) is 42.5 Å². The van der Waals surface area contributed by atoms with E-state index >= 15 is 0 Å². The van der Waals surface area contributed by atoms with Crippen molar-refractivity contribution >= 4 is 23.0 Å². The van der Waals surface area contributed by atoms with Crippen molar-refractivity contribution in [1.82, 2.24) is 0 Å². The Morgan fingerprint density at radius 3 is 2.69 bits per heavy atom. The summed E-state index contributed by atoms with van der Waals surface area (Å²) in [5.41, 5.74) is 2.38. The Morgan fingerprint density at radius 1 is 1.27 bits per heavy atom. The van der Waals surface area contributed by atoms with Crippen molar-refractivity contribution in [3.63, 3.8) is 0 Å². The molecule has 26 heavy (non-hydrogen) atoms. The molecule has 136 valence electrons. The summed E-state index contributed by atoms with van der Waals surface area (Å²) in [7, 11) is 0. The number of rotatable bonds is 6. The van der Waals surface area contributed by atoms with Gasteiger partial charge < -0.3 is 15.4 Å². The van der Waals surface area contributed by atoms with Gasteiger partial charge in [0, 0.05) is 36.7 Å². The van der Waals surface area contributed by atoms with Gasteiger partial charge >= 0.3 is 0 Å². The molecule has 0 spiro atoms. The van der Waals surface area contributed by atoms with Gasteiger partial charge in [0.15, 0.2) is 0 Å². The van der Waals surface area contributed by atoms with E-state index < -0.39 is 10.8 Å². The third-order valence-electron chi connectivity index (χ3n) is 4.31. The van der Waals surface area contributed by atoms with Gasteiger partial charge in [0.25, 0.3) is 11.6 Å². The average molecular weight is 355 g/mol. The molecule has 1 saturated heterocycles. The number of hydrogen-bond acceptors (Lipinski definition) is 5. The fraction of sp³-hybridized carbons (Fsp3) is 0.316. The van der Waals surface area contributed by atoms with Gasteiger partial charge in [-0.2, -0.15) is 0 Å². The Bertz CT molecular complexity index is 799. The lowest BCUT2D eigenvalue weighted by atomic mass is 10.1. The summed E-state index contributed by atoms with van der Waals surface area (Å²) in [6.07, 6.45) is 2.08. The molecule has 2 aromatic rings. The molecule has 2 aromatic carbocycles. The molecule has 0 unspecified atom stereocenters. The lowest BCUT2D eigenvalue weighted by Gasteiger charge is -2.15. The van der Waals surface area contributed by atoms with E-state index in [4.69, 9.17) is 4.74 Å². The van der Waals surface area contributed by atoms with E-state index in [2.05, 4.69) is 10.6 Å². The zero-order valence-corrected chi connectivity index (χ0v) is 14.5. The van der Waals surface area contributed by atoms with Crippen LogP contribution < -0.4 is 10.6 Å². The molecule has 0 aliphatic carbocycles. The number of nitrogens with one attached hydrogen (secondary N) is 2. The van der Waals surface area contributed by atoms with Crippen LogP contribution in [0.3, 0.4) is 0 Å². The number of benzene rings is 2. The molecule has 1 amide bonds. The number of ether oxygens (including phenoxy) is 1. The zero-order chi connectivity index (χ0) is 18.5. The molecule has 3 rings (SSSR count). The van der Waals surface area contributed by atoms with Gasteiger partial charge in [0.2, 0.25) is 0 Å². The maximum atomic E-state index is 12.7. The van der Waals surface area contributed by atoms with E-state index in [1.165, 1.54) is 12.1 Å². The first-order valence-corrected chi connectivity index (χ1v) is 8.55. The topological polar surface area (TPSA) is 93.5 Å². The fourth-order valence-corrected chi connectivity index (χ4v) is 2.85. The third-order valence-corrected chi connectivity index (χ3v) is 4.31. The molecule has 0 radical (unpaired) electrons. The van der Waals surface area contributed by atoms with Crippen LogP contribution in [0.2, 0.25) is 0 Å². The summed E-state index contributed by atoms with van der Waals surface area (Å²) >= 11 is 0. The van der Waals surface area contributed by atoms with E-state index in [-0.39, 0.29) is 17.4 Å². The van der Waals surface area contributed by atoms with Crippen LogP contribution in [-0.4, -0.2) is 30.1 Å². The van der Waals surface area contributed by atoms with Crippen LogP contribution in [0.1, 0.15) is 28.8 Å². The van der Waals surface area contributed by atoms with Gasteiger partial charge in [-0.1, -0.05) is 17.7 Å². The van der Waals surface area contributed by atoms with Crippen LogP contribution in [0.4, 0.5) is 17.1 Å². The Kier molecular flexibility index (Phi) is 5.48. The SMILES string of the molecule is Cc1ccc(NC(=O)c2cc([N+](=O)[O-])ccc2NC[C@H]2CCCO2)cc1. The molecule has 0 bridgehead atoms. The first-order valence-electron chi connectivity index (χ1n) is 8.55. The molecule has 1 heterocycles. The second-order valence-electron chi connectivity index (χ2n) is 6.32. The third kappa shape index (κ3) is 4.37. The van der Waals surface area contributed by atoms with Gasteiger partial charge in [-0.05, 0) is 38.0 Å². The number of nitrogens with zero attached hydrogens (tertiary/aromatic N) is 1. The molecule has 7 heteroatoms. The Morgan fingerprint density at radius 2 is 2.04 bits per heavy atom. The Hall–Kier alpha value is -2.93. The standard InChI is InChI=1S/C19H21N3O4/c1-13-4-6-14(7-5-13)21-19(23)17-11-15(22(24)25)8-9-18(17)20-12-16-3-2-10-26-16/h4-9,11,16,20H,2-3,10,12H2,1H3,(H,21,23)/t16-/m1/s1. The average Bonchev–Trinajstić information content (AvgIpc) is 3.15. The highest BCUT2D eigenvalue weighted by Gasteiger charge is 2.19. The smallest absolute Gasteiger partial charge is 0.270 e. The van der Waals surface area contributed by atoms with Crippen molar-refractivity contribution in [2.45, 2.75) is 25.9 Å². The second kappa shape index (κ2) is 7.97. The molecule has 1 aliphatic heterocycles. The summed E-state index contributed by atoms with van der Waals surface area (Å²) in [5, 5.41) is 17.1. The number of carbonyl (C=O) groups is 1. The fourth-order valence-electron chi connectivity index (χ4n) is 2.85. The van der Waals surface area contributed by atoms with Crippen LogP contribution in [0.5, 0.6) is 0 Å². The van der Waals surface area contributed by atoms with Crippen LogP contribution in [0, 0.1) is 17.0 Å². The first kappa shape index (κ1) is 17.9. The van der Waals surface area contributed by atoms with Crippen molar-refractivity contribution in [2.75, 3.05) is 23.8 Å². The number of anilines is 2. The predicted octanol–water partition coefficient (Wildman–Crippen LogP) is 3.75. The molecule has 2 N–H and O–H groups in total. The van der Waals surface area contributed by atoms with Crippen molar-refractivity contribution in [2.24, 2.45) is 0 Å². The lowest BCUT2D eigenvalue weighted by molar-refractivity contribution is -0.384. The van der Waals surface area contributed by atoms with Gasteiger partial charge in [-0.3, -0.25) is 14.9 Å². The Balaban J connectivity index is 1.80. The highest BCUT2D eigenvalue weighted by Crippen LogP contribution is 2.24. The quantitative estimate of drug-likeness (QED) is 0.608. The summed E-state index contributed by atoms with van der Waals surface area (Å²) in [6.45, 7) is 3.26. The molecule has 0 saturated carbocycles. The number of aryl methyl sites for hydroxylation is 1. The van der Waals surface area contributed by atoms with E-state index in [1.807, 2.05) is 19.1 Å². The molecular formula is C19H21N3O4. The normalized spacial score (nSPS) is 16.3. The highest BCUT2D eigenvalue weighted by atomic mass is 16.6. The minimum atomic E-state index is -0.507. The largest absolute Gasteiger partial charge is 0.382 e. The van der Waals surface area contributed by atoms with Gasteiger partial charge in [0.1, 0.15) is 0 Å². The van der Waals surface area contributed by atoms with E-state index in [9.17, 15) is 14.9 Å². The number of nitro benzene ring substituents is 1.